The zero-order valence-corrected chi connectivity index (χ0v) is 13.0. The Kier molecular flexibility index (Phi) is 5.36. The summed E-state index contributed by atoms with van der Waals surface area (Å²) < 4.78 is 43.8. The predicted molar refractivity (Wildman–Crippen MR) is 79.7 cm³/mol. The lowest BCUT2D eigenvalue weighted by atomic mass is 10.0. The Morgan fingerprint density at radius 2 is 1.96 bits per heavy atom. The van der Waals surface area contributed by atoms with Crippen molar-refractivity contribution >= 4 is 17.6 Å². The minimum atomic E-state index is -4.54. The van der Waals surface area contributed by atoms with Gasteiger partial charge in [-0.3, -0.25) is 9.59 Å². The molecule has 5 nitrogen and oxygen atoms in total. The molecule has 1 saturated carbocycles. The summed E-state index contributed by atoms with van der Waals surface area (Å²) in [6.07, 6.45) is -3.57. The standard InChI is InChI=1S/C16H18F3NO4/c1-2-24-13-6-5-11(16(17,18)19)8-12(13)20-14(21)9-3-4-10(7-9)15(22)23/h5-6,8-10H,2-4,7H2,1H3,(H,20,21)(H,22,23)/t9-,10+/m1/s1. The lowest BCUT2D eigenvalue weighted by Crippen LogP contribution is -2.22. The first kappa shape index (κ1) is 18.1. The molecular formula is C16H18F3NO4. The van der Waals surface area contributed by atoms with E-state index in [9.17, 15) is 22.8 Å². The highest BCUT2D eigenvalue weighted by Gasteiger charge is 2.35. The Hall–Kier alpha value is -2.25. The van der Waals surface area contributed by atoms with Gasteiger partial charge in [0, 0.05) is 5.92 Å². The summed E-state index contributed by atoms with van der Waals surface area (Å²) in [6.45, 7) is 1.91. The van der Waals surface area contributed by atoms with Gasteiger partial charge in [-0.2, -0.15) is 13.2 Å². The summed E-state index contributed by atoms with van der Waals surface area (Å²) in [7, 11) is 0. The van der Waals surface area contributed by atoms with Gasteiger partial charge in [-0.15, -0.1) is 0 Å². The Balaban J connectivity index is 2.17. The summed E-state index contributed by atoms with van der Waals surface area (Å²) in [5, 5.41) is 11.4. The number of carbonyl (C=O) groups is 2. The number of anilines is 1. The molecule has 1 aromatic rings. The van der Waals surface area contributed by atoms with Crippen LogP contribution in [0.15, 0.2) is 18.2 Å². The van der Waals surface area contributed by atoms with E-state index in [-0.39, 0.29) is 24.5 Å². The van der Waals surface area contributed by atoms with Gasteiger partial charge in [0.15, 0.2) is 0 Å². The maximum atomic E-state index is 12.8. The van der Waals surface area contributed by atoms with Crippen molar-refractivity contribution in [2.75, 3.05) is 11.9 Å². The third-order valence-electron chi connectivity index (χ3n) is 4.02. The molecule has 8 heteroatoms. The molecule has 1 aliphatic carbocycles. The number of benzene rings is 1. The number of carbonyl (C=O) groups excluding carboxylic acids is 1. The van der Waals surface area contributed by atoms with E-state index < -0.39 is 35.5 Å². The van der Waals surface area contributed by atoms with Crippen LogP contribution in [0.25, 0.3) is 0 Å². The number of amides is 1. The average molecular weight is 345 g/mol. The highest BCUT2D eigenvalue weighted by molar-refractivity contribution is 5.94. The molecule has 2 rings (SSSR count). The van der Waals surface area contributed by atoms with E-state index in [0.717, 1.165) is 18.2 Å². The van der Waals surface area contributed by atoms with Gasteiger partial charge in [0.1, 0.15) is 5.75 Å². The van der Waals surface area contributed by atoms with E-state index in [1.807, 2.05) is 0 Å². The molecule has 0 aromatic heterocycles. The highest BCUT2D eigenvalue weighted by Crippen LogP contribution is 2.37. The lowest BCUT2D eigenvalue weighted by molar-refractivity contribution is -0.141. The number of alkyl halides is 3. The predicted octanol–water partition coefficient (Wildman–Crippen LogP) is 3.54. The molecule has 0 aliphatic heterocycles. The van der Waals surface area contributed by atoms with E-state index in [1.165, 1.54) is 0 Å². The number of ether oxygens (including phenoxy) is 1. The van der Waals surface area contributed by atoms with Crippen molar-refractivity contribution in [2.24, 2.45) is 11.8 Å². The van der Waals surface area contributed by atoms with Crippen LogP contribution in [-0.2, 0) is 15.8 Å². The van der Waals surface area contributed by atoms with Crippen LogP contribution in [0, 0.1) is 11.8 Å². The quantitative estimate of drug-likeness (QED) is 0.856. The van der Waals surface area contributed by atoms with Crippen LogP contribution < -0.4 is 10.1 Å². The number of carboxylic acid groups (broad SMARTS) is 1. The van der Waals surface area contributed by atoms with Gasteiger partial charge < -0.3 is 15.2 Å². The Bertz CT molecular complexity index is 630. The fourth-order valence-electron chi connectivity index (χ4n) is 2.76. The van der Waals surface area contributed by atoms with E-state index in [2.05, 4.69) is 5.32 Å². The SMILES string of the molecule is CCOc1ccc(C(F)(F)F)cc1NC(=O)[C@@H]1CC[C@H](C(=O)O)C1. The van der Waals surface area contributed by atoms with Gasteiger partial charge >= 0.3 is 12.1 Å². The smallest absolute Gasteiger partial charge is 0.416 e. The number of rotatable bonds is 5. The summed E-state index contributed by atoms with van der Waals surface area (Å²) in [5.74, 6) is -2.42. The molecule has 1 amide bonds. The van der Waals surface area contributed by atoms with Gasteiger partial charge in [0.25, 0.3) is 0 Å². The zero-order chi connectivity index (χ0) is 17.9. The number of hydrogen-bond acceptors (Lipinski definition) is 3. The third-order valence-corrected chi connectivity index (χ3v) is 4.02. The van der Waals surface area contributed by atoms with Crippen LogP contribution in [0.4, 0.5) is 18.9 Å². The molecule has 0 spiro atoms. The highest BCUT2D eigenvalue weighted by atomic mass is 19.4. The summed E-state index contributed by atoms with van der Waals surface area (Å²) in [5.41, 5.74) is -0.952. The zero-order valence-electron chi connectivity index (χ0n) is 13.0. The van der Waals surface area contributed by atoms with Crippen LogP contribution in [0.5, 0.6) is 5.75 Å². The Labute approximate surface area is 136 Å². The largest absolute Gasteiger partial charge is 0.492 e. The summed E-state index contributed by atoms with van der Waals surface area (Å²) >= 11 is 0. The fourth-order valence-corrected chi connectivity index (χ4v) is 2.76. The molecule has 0 saturated heterocycles. The number of nitrogens with one attached hydrogen (secondary N) is 1. The van der Waals surface area contributed by atoms with Crippen molar-refractivity contribution in [2.45, 2.75) is 32.4 Å². The van der Waals surface area contributed by atoms with Crippen LogP contribution in [0.3, 0.4) is 0 Å². The van der Waals surface area contributed by atoms with Crippen molar-refractivity contribution in [1.29, 1.82) is 0 Å². The van der Waals surface area contributed by atoms with Gasteiger partial charge in [-0.1, -0.05) is 0 Å². The number of carboxylic acids is 1. The van der Waals surface area contributed by atoms with Crippen molar-refractivity contribution in [3.05, 3.63) is 23.8 Å². The maximum absolute atomic E-state index is 12.8. The topological polar surface area (TPSA) is 75.6 Å². The van der Waals surface area contributed by atoms with Crippen molar-refractivity contribution < 1.29 is 32.6 Å². The minimum absolute atomic E-state index is 0.0598. The van der Waals surface area contributed by atoms with E-state index in [1.54, 1.807) is 6.92 Å². The van der Waals surface area contributed by atoms with Crippen molar-refractivity contribution in [3.63, 3.8) is 0 Å². The minimum Gasteiger partial charge on any atom is -0.492 e. The van der Waals surface area contributed by atoms with E-state index >= 15 is 0 Å². The second-order valence-electron chi connectivity index (χ2n) is 5.68. The summed E-state index contributed by atoms with van der Waals surface area (Å²) in [6, 6.07) is 2.87. The Morgan fingerprint density at radius 3 is 2.50 bits per heavy atom. The molecule has 0 unspecified atom stereocenters. The molecule has 24 heavy (non-hydrogen) atoms. The molecule has 0 bridgehead atoms. The first-order chi connectivity index (χ1) is 11.2. The first-order valence-corrected chi connectivity index (χ1v) is 7.60. The Morgan fingerprint density at radius 1 is 1.29 bits per heavy atom. The molecule has 0 radical (unpaired) electrons. The monoisotopic (exact) mass is 345 g/mol. The van der Waals surface area contributed by atoms with Crippen LogP contribution in [-0.4, -0.2) is 23.6 Å². The molecule has 132 valence electrons. The molecule has 1 aromatic carbocycles. The number of hydrogen-bond donors (Lipinski definition) is 2. The average Bonchev–Trinajstić information content (AvgIpc) is 2.98. The number of aliphatic carboxylic acids is 1. The molecule has 2 atom stereocenters. The summed E-state index contributed by atoms with van der Waals surface area (Å²) in [4.78, 5) is 23.2. The third kappa shape index (κ3) is 4.18. The van der Waals surface area contributed by atoms with Crippen molar-refractivity contribution in [3.8, 4) is 5.75 Å². The molecule has 1 fully saturated rings. The second-order valence-corrected chi connectivity index (χ2v) is 5.68. The molecule has 0 heterocycles. The normalized spacial score (nSPS) is 20.7. The first-order valence-electron chi connectivity index (χ1n) is 7.60. The van der Waals surface area contributed by atoms with E-state index in [4.69, 9.17) is 9.84 Å². The second kappa shape index (κ2) is 7.11. The van der Waals surface area contributed by atoms with Crippen molar-refractivity contribution in [1.82, 2.24) is 0 Å². The fraction of sp³-hybridized carbons (Fsp3) is 0.500. The van der Waals surface area contributed by atoms with E-state index in [0.29, 0.717) is 12.8 Å². The van der Waals surface area contributed by atoms with Gasteiger partial charge in [-0.25, -0.2) is 0 Å². The lowest BCUT2D eigenvalue weighted by Gasteiger charge is -2.16. The maximum Gasteiger partial charge on any atom is 0.416 e. The molecule has 1 aliphatic rings. The van der Waals surface area contributed by atoms with Gasteiger partial charge in [0.05, 0.1) is 23.8 Å². The van der Waals surface area contributed by atoms with Crippen LogP contribution >= 0.6 is 0 Å². The van der Waals surface area contributed by atoms with Gasteiger partial charge in [-0.05, 0) is 44.4 Å². The number of halogens is 3. The van der Waals surface area contributed by atoms with Crippen LogP contribution in [0.2, 0.25) is 0 Å². The van der Waals surface area contributed by atoms with Crippen LogP contribution in [0.1, 0.15) is 31.7 Å². The molecular weight excluding hydrogens is 327 g/mol. The molecule has 2 N–H and O–H groups in total. The van der Waals surface area contributed by atoms with Gasteiger partial charge in [0.2, 0.25) is 5.91 Å².